The Morgan fingerprint density at radius 1 is 0.317 bits per heavy atom. The van der Waals surface area contributed by atoms with Gasteiger partial charge in [-0.25, -0.2) is 68.8 Å². The highest BCUT2D eigenvalue weighted by atomic mass is 35.5. The van der Waals surface area contributed by atoms with Gasteiger partial charge in [0.05, 0.1) is 98.3 Å². The largest absolute Gasteiger partial charge is 0.496 e. The fourth-order valence-corrected chi connectivity index (χ4v) is 13.9. The number of aromatic nitrogens is 10. The number of thioether (sulfide) groups is 1. The number of ether oxygens (including phenoxy) is 5. The monoisotopic (exact) mass is 1650 g/mol. The van der Waals surface area contributed by atoms with E-state index in [-0.39, 0.29) is 46.6 Å². The van der Waals surface area contributed by atoms with E-state index in [0.29, 0.717) is 117 Å². The molecule has 0 aliphatic carbocycles. The van der Waals surface area contributed by atoms with Gasteiger partial charge in [-0.1, -0.05) is 114 Å². The molecule has 0 saturated heterocycles. The van der Waals surface area contributed by atoms with Crippen molar-refractivity contribution in [3.8, 4) is 98.0 Å². The number of para-hydroxylation sites is 1. The summed E-state index contributed by atoms with van der Waals surface area (Å²) in [6.45, 7) is 9.49. The zero-order valence-electron chi connectivity index (χ0n) is 65.5. The lowest BCUT2D eigenvalue weighted by molar-refractivity contribution is 0.364. The Balaban J connectivity index is 0.000000123. The maximum Gasteiger partial charge on any atom is 0.350 e. The second-order valence-electron chi connectivity index (χ2n) is 26.2. The van der Waals surface area contributed by atoms with Crippen molar-refractivity contribution in [1.82, 2.24) is 49.8 Å². The van der Waals surface area contributed by atoms with Gasteiger partial charge in [0.1, 0.15) is 32.7 Å². The van der Waals surface area contributed by atoms with Crippen molar-refractivity contribution in [2.24, 2.45) is 0 Å². The lowest BCUT2D eigenvalue weighted by Gasteiger charge is -2.09. The van der Waals surface area contributed by atoms with E-state index in [1.807, 2.05) is 155 Å². The first-order chi connectivity index (χ1) is 58.3. The SMILES string of the molecule is COc1ccc(-c2nc3cccc(C)c3c(=O)o2)c(OC)n1.COc1cccc2nc(-c3cccnc3Oc3ccccc3)oc(=O)c12.CSc1ncccc1-c1nc2cccc(C)c2c(=O)o1.Cc1ccc(Sc2ncccc2-c2nc3cccc(C)c3c(=O)o2)cc1.Cc1cccc2nc(-c3cccnc3Oc3ccc(Cl)cc3)oc(=O)c12. The van der Waals surface area contributed by atoms with E-state index >= 15 is 0 Å². The minimum atomic E-state index is -0.531. The summed E-state index contributed by atoms with van der Waals surface area (Å²) < 4.78 is 54.3. The van der Waals surface area contributed by atoms with Crippen LogP contribution in [0.1, 0.15) is 27.8 Å². The summed E-state index contributed by atoms with van der Waals surface area (Å²) in [5.41, 5.74) is 8.23. The average Bonchev–Trinajstić information content (AvgIpc) is 0.800. The highest BCUT2D eigenvalue weighted by Crippen LogP contribution is 2.38. The lowest BCUT2D eigenvalue weighted by Crippen LogP contribution is -2.05. The molecule has 120 heavy (non-hydrogen) atoms. The van der Waals surface area contributed by atoms with Crippen LogP contribution in [0.25, 0.3) is 112 Å². The molecule has 0 fully saturated rings. The average molecular weight is 1650 g/mol. The van der Waals surface area contributed by atoms with E-state index in [0.717, 1.165) is 42.8 Å². The number of nitrogens with zero attached hydrogens (tertiary/aromatic N) is 10. The molecule has 0 amide bonds. The van der Waals surface area contributed by atoms with Crippen LogP contribution in [0.4, 0.5) is 0 Å². The van der Waals surface area contributed by atoms with Gasteiger partial charge < -0.3 is 45.8 Å². The van der Waals surface area contributed by atoms with Crippen LogP contribution >= 0.6 is 35.1 Å². The number of methoxy groups -OCH3 is 3. The van der Waals surface area contributed by atoms with Gasteiger partial charge in [-0.05, 0) is 203 Å². The summed E-state index contributed by atoms with van der Waals surface area (Å²) in [5, 5.41) is 4.45. The number of halogens is 1. The van der Waals surface area contributed by atoms with E-state index in [4.69, 9.17) is 57.4 Å². The summed E-state index contributed by atoms with van der Waals surface area (Å²) in [7, 11) is 4.49. The van der Waals surface area contributed by atoms with Gasteiger partial charge in [0, 0.05) is 40.8 Å². The summed E-state index contributed by atoms with van der Waals surface area (Å²) in [6, 6.07) is 69.2. The molecule has 0 unspecified atom stereocenters. The molecule has 0 bridgehead atoms. The highest BCUT2D eigenvalue weighted by molar-refractivity contribution is 7.99. The predicted molar refractivity (Wildman–Crippen MR) is 461 cm³/mol. The first-order valence-corrected chi connectivity index (χ1v) is 39.2. The van der Waals surface area contributed by atoms with Crippen LogP contribution in [0.15, 0.2) is 316 Å². The Morgan fingerprint density at radius 3 is 1.12 bits per heavy atom. The van der Waals surface area contributed by atoms with Crippen molar-refractivity contribution < 1.29 is 45.8 Å². The number of rotatable bonds is 15. The smallest absolute Gasteiger partial charge is 0.350 e. The minimum Gasteiger partial charge on any atom is -0.496 e. The van der Waals surface area contributed by atoms with E-state index in [1.54, 1.807) is 122 Å². The predicted octanol–water partition coefficient (Wildman–Crippen LogP) is 19.9. The summed E-state index contributed by atoms with van der Waals surface area (Å²) in [5.74, 6) is 3.93. The third-order valence-corrected chi connectivity index (χ3v) is 20.2. The molecular weight excluding hydrogens is 1580 g/mol. The van der Waals surface area contributed by atoms with Gasteiger partial charge in [0.15, 0.2) is 0 Å². The maximum absolute atomic E-state index is 12.5. The molecule has 596 valence electrons. The maximum atomic E-state index is 12.5. The molecule has 0 atom stereocenters. The molecule has 0 N–H and O–H groups in total. The zero-order chi connectivity index (χ0) is 83.9. The van der Waals surface area contributed by atoms with Crippen molar-refractivity contribution in [3.63, 3.8) is 0 Å². The topological polar surface area (TPSA) is 326 Å². The Morgan fingerprint density at radius 2 is 0.692 bits per heavy atom. The first kappa shape index (κ1) is 81.8. The molecule has 0 radical (unpaired) electrons. The normalized spacial score (nSPS) is 10.8. The second-order valence-corrected chi connectivity index (χ2v) is 28.5. The van der Waals surface area contributed by atoms with Crippen LogP contribution in [0.5, 0.6) is 40.8 Å². The summed E-state index contributed by atoms with van der Waals surface area (Å²) in [6.07, 6.45) is 8.55. The standard InChI is InChI=1S/C21H16N2O2S.C20H13ClN2O3.C20H14N2O4.C16H14N2O4.C15H12N2O2S/c1-13-8-10-15(11-9-13)26-20-16(6-4-12-22-20)19-23-17-7-3-5-14(2)18(17)21(24)25-19;1-12-4-2-6-16-17(12)20(24)26-19(23-16)15-5-3-11-22-18(15)25-14-9-7-13(21)8-10-14;1-24-16-11-5-10-15-17(16)20(23)26-19(22-15)14-9-6-12-21-18(14)25-13-7-3-2-4-8-13;1-9-5-4-6-11-13(9)16(19)22-15(17-11)10-7-8-12(20-2)18-14(10)21-3;1-9-5-3-7-11-12(9)15(18)19-13(17-11)10-6-4-8-16-14(10)20-2/h3-12H,1-2H3;2-11H,1H3;2-12H,1H3;4-8H,1-3H3;3-8H,1-2H3. The van der Waals surface area contributed by atoms with Gasteiger partial charge in [-0.2, -0.15) is 4.98 Å². The fraction of sp³-hybridized carbons (Fsp3) is 0.0978. The highest BCUT2D eigenvalue weighted by Gasteiger charge is 2.22. The third kappa shape index (κ3) is 18.7. The number of hydrogen-bond acceptors (Lipinski definition) is 27. The number of benzene rings is 8. The quantitative estimate of drug-likeness (QED) is 0.0861. The molecule has 0 aliphatic heterocycles. The minimum absolute atomic E-state index is 0.134. The Bertz CT molecular complexity index is 6950. The summed E-state index contributed by atoms with van der Waals surface area (Å²) in [4.78, 5) is 107. The van der Waals surface area contributed by atoms with Gasteiger partial charge >= 0.3 is 28.1 Å². The Kier molecular flexibility index (Phi) is 25.5. The van der Waals surface area contributed by atoms with Crippen LogP contribution in [-0.2, 0) is 0 Å². The number of pyridine rings is 5. The van der Waals surface area contributed by atoms with Crippen molar-refractivity contribution in [2.75, 3.05) is 27.6 Å². The van der Waals surface area contributed by atoms with E-state index < -0.39 is 16.9 Å². The molecule has 25 nitrogen and oxygen atoms in total. The van der Waals surface area contributed by atoms with Crippen LogP contribution < -0.4 is 51.8 Å². The molecule has 10 heterocycles. The number of aryl methyl sites for hydroxylation is 5. The lowest BCUT2D eigenvalue weighted by atomic mass is 10.1. The fourth-order valence-electron chi connectivity index (χ4n) is 12.4. The molecule has 0 spiro atoms. The first-order valence-electron chi connectivity index (χ1n) is 36.8. The van der Waals surface area contributed by atoms with Crippen molar-refractivity contribution in [1.29, 1.82) is 0 Å². The van der Waals surface area contributed by atoms with Crippen molar-refractivity contribution in [2.45, 2.75) is 49.6 Å². The van der Waals surface area contributed by atoms with Crippen LogP contribution in [0, 0.1) is 34.6 Å². The molecule has 18 rings (SSSR count). The van der Waals surface area contributed by atoms with Crippen LogP contribution in [-0.4, -0.2) is 77.4 Å². The van der Waals surface area contributed by atoms with Gasteiger partial charge in [0.2, 0.25) is 53.0 Å². The van der Waals surface area contributed by atoms with Crippen LogP contribution in [0.3, 0.4) is 0 Å². The second kappa shape index (κ2) is 37.4. The van der Waals surface area contributed by atoms with Crippen molar-refractivity contribution in [3.05, 3.63) is 340 Å². The number of fused-ring (bicyclic) bond motifs is 5. The van der Waals surface area contributed by atoms with Crippen molar-refractivity contribution >= 4 is 89.6 Å². The molecule has 10 aromatic heterocycles. The van der Waals surface area contributed by atoms with Gasteiger partial charge in [-0.15, -0.1) is 11.8 Å². The summed E-state index contributed by atoms with van der Waals surface area (Å²) >= 11 is 8.91. The number of hydrogen-bond donors (Lipinski definition) is 0. The van der Waals surface area contributed by atoms with E-state index in [9.17, 15) is 24.0 Å². The van der Waals surface area contributed by atoms with Gasteiger partial charge in [-0.3, -0.25) is 0 Å². The molecule has 18 aromatic rings. The molecule has 0 aliphatic rings. The Labute approximate surface area is 696 Å². The molecule has 8 aromatic carbocycles. The Hall–Kier alpha value is -14.8. The van der Waals surface area contributed by atoms with Gasteiger partial charge in [0.25, 0.3) is 0 Å². The molecule has 28 heteroatoms. The van der Waals surface area contributed by atoms with E-state index in [2.05, 4.69) is 68.9 Å². The zero-order valence-corrected chi connectivity index (χ0v) is 67.9. The third-order valence-electron chi connectivity index (χ3n) is 18.2. The van der Waals surface area contributed by atoms with Crippen LogP contribution in [0.2, 0.25) is 5.02 Å². The molecule has 0 saturated carbocycles. The van der Waals surface area contributed by atoms with E-state index in [1.165, 1.54) is 50.4 Å². The molecular formula is C92H69ClN10O15S2.